The van der Waals surface area contributed by atoms with Crippen LogP contribution >= 0.6 is 0 Å². The van der Waals surface area contributed by atoms with Crippen molar-refractivity contribution in [1.82, 2.24) is 9.21 Å². The van der Waals surface area contributed by atoms with Gasteiger partial charge in [0, 0.05) is 31.2 Å². The van der Waals surface area contributed by atoms with Crippen molar-refractivity contribution in [3.63, 3.8) is 0 Å². The largest absolute Gasteiger partial charge is 0.336 e. The molecule has 10 heteroatoms. The zero-order valence-corrected chi connectivity index (χ0v) is 14.5. The first-order chi connectivity index (χ1) is 12.4. The summed E-state index contributed by atoms with van der Waals surface area (Å²) in [5, 5.41) is 7.43. The van der Waals surface area contributed by atoms with Crippen LogP contribution in [0.4, 0.5) is 8.78 Å². The number of hydrogen-bond donors (Lipinski definition) is 0. The molecular formula is C16H16F2N4O3S. The summed E-state index contributed by atoms with van der Waals surface area (Å²) in [6.07, 6.45) is 2.59. The molecule has 0 saturated carbocycles. The van der Waals surface area contributed by atoms with Gasteiger partial charge in [-0.05, 0) is 25.0 Å². The molecule has 2 fully saturated rings. The molecule has 2 unspecified atom stereocenters. The van der Waals surface area contributed by atoms with E-state index in [1.54, 1.807) is 4.90 Å². The summed E-state index contributed by atoms with van der Waals surface area (Å²) in [5.41, 5.74) is 0.477. The molecule has 2 saturated heterocycles. The SMILES string of the molecule is O=C(C1=CN=NC1)N1CC2CCC(C1)N2S(=O)(=O)c1ccc(F)cc1F. The maximum atomic E-state index is 14.0. The van der Waals surface area contributed by atoms with E-state index in [1.165, 1.54) is 10.5 Å². The first-order valence-electron chi connectivity index (χ1n) is 8.21. The molecule has 4 rings (SSSR count). The number of likely N-dealkylation sites (tertiary alicyclic amines) is 1. The minimum absolute atomic E-state index is 0.197. The quantitative estimate of drug-likeness (QED) is 0.798. The minimum atomic E-state index is -4.11. The third-order valence-corrected chi connectivity index (χ3v) is 7.00. The summed E-state index contributed by atoms with van der Waals surface area (Å²) < 4.78 is 54.3. The van der Waals surface area contributed by atoms with Crippen LogP contribution in [-0.2, 0) is 14.8 Å². The van der Waals surface area contributed by atoms with Gasteiger partial charge in [-0.15, -0.1) is 0 Å². The van der Waals surface area contributed by atoms with Crippen molar-refractivity contribution >= 4 is 15.9 Å². The van der Waals surface area contributed by atoms with Gasteiger partial charge in [0.2, 0.25) is 10.0 Å². The monoisotopic (exact) mass is 382 g/mol. The molecule has 0 aromatic heterocycles. The summed E-state index contributed by atoms with van der Waals surface area (Å²) in [5.74, 6) is -2.14. The highest BCUT2D eigenvalue weighted by Gasteiger charge is 2.48. The van der Waals surface area contributed by atoms with Crippen LogP contribution in [0, 0.1) is 11.6 Å². The van der Waals surface area contributed by atoms with Gasteiger partial charge in [-0.1, -0.05) is 0 Å². The second-order valence-corrected chi connectivity index (χ2v) is 8.39. The molecule has 1 aromatic rings. The number of benzene rings is 1. The number of carbonyl (C=O) groups excluding carboxylic acids is 1. The van der Waals surface area contributed by atoms with Gasteiger partial charge in [0.25, 0.3) is 5.91 Å². The summed E-state index contributed by atoms with van der Waals surface area (Å²) in [4.78, 5) is 13.6. The van der Waals surface area contributed by atoms with E-state index < -0.39 is 38.6 Å². The van der Waals surface area contributed by atoms with Gasteiger partial charge >= 0.3 is 0 Å². The van der Waals surface area contributed by atoms with Crippen LogP contribution < -0.4 is 0 Å². The molecule has 3 aliphatic heterocycles. The smallest absolute Gasteiger partial charge is 0.253 e. The first kappa shape index (κ1) is 17.2. The van der Waals surface area contributed by atoms with Crippen molar-refractivity contribution in [3.8, 4) is 0 Å². The second kappa shape index (κ2) is 6.20. The topological polar surface area (TPSA) is 82.4 Å². The highest BCUT2D eigenvalue weighted by atomic mass is 32.2. The van der Waals surface area contributed by atoms with Crippen LogP contribution in [0.25, 0.3) is 0 Å². The first-order valence-corrected chi connectivity index (χ1v) is 9.65. The van der Waals surface area contributed by atoms with Crippen molar-refractivity contribution in [1.29, 1.82) is 0 Å². The van der Waals surface area contributed by atoms with Crippen LogP contribution in [0.1, 0.15) is 12.8 Å². The number of carbonyl (C=O) groups is 1. The Balaban J connectivity index is 1.59. The number of fused-ring (bicyclic) bond motifs is 2. The van der Waals surface area contributed by atoms with E-state index in [4.69, 9.17) is 0 Å². The average molecular weight is 382 g/mol. The Kier molecular flexibility index (Phi) is 4.11. The molecule has 2 bridgehead atoms. The van der Waals surface area contributed by atoms with Crippen LogP contribution in [0.2, 0.25) is 0 Å². The van der Waals surface area contributed by atoms with E-state index in [2.05, 4.69) is 10.2 Å². The summed E-state index contributed by atoms with van der Waals surface area (Å²) in [6.45, 7) is 0.691. The Bertz CT molecular complexity index is 917. The molecule has 7 nitrogen and oxygen atoms in total. The third kappa shape index (κ3) is 2.73. The van der Waals surface area contributed by atoms with E-state index in [1.807, 2.05) is 0 Å². The number of amides is 1. The fourth-order valence-corrected chi connectivity index (χ4v) is 5.72. The molecule has 26 heavy (non-hydrogen) atoms. The van der Waals surface area contributed by atoms with Crippen molar-refractivity contribution in [2.75, 3.05) is 19.6 Å². The van der Waals surface area contributed by atoms with Crippen LogP contribution in [0.3, 0.4) is 0 Å². The van der Waals surface area contributed by atoms with E-state index in [0.29, 0.717) is 24.5 Å². The Hall–Kier alpha value is -2.20. The maximum absolute atomic E-state index is 14.0. The molecule has 1 aromatic carbocycles. The van der Waals surface area contributed by atoms with Gasteiger partial charge in [-0.3, -0.25) is 4.79 Å². The molecule has 3 heterocycles. The molecule has 0 aliphatic carbocycles. The molecular weight excluding hydrogens is 366 g/mol. The number of azo groups is 1. The van der Waals surface area contributed by atoms with E-state index in [9.17, 15) is 22.0 Å². The molecule has 0 N–H and O–H groups in total. The molecule has 138 valence electrons. The predicted molar refractivity (Wildman–Crippen MR) is 86.6 cm³/mol. The summed E-state index contributed by atoms with van der Waals surface area (Å²) >= 11 is 0. The molecule has 0 radical (unpaired) electrons. The highest BCUT2D eigenvalue weighted by molar-refractivity contribution is 7.89. The lowest BCUT2D eigenvalue weighted by atomic mass is 10.2. The minimum Gasteiger partial charge on any atom is -0.336 e. The lowest BCUT2D eigenvalue weighted by Crippen LogP contribution is -2.57. The normalized spacial score (nSPS) is 25.6. The van der Waals surface area contributed by atoms with Gasteiger partial charge in [0.15, 0.2) is 0 Å². The Morgan fingerprint density at radius 3 is 2.42 bits per heavy atom. The number of rotatable bonds is 3. The third-order valence-electron chi connectivity index (χ3n) is 4.96. The predicted octanol–water partition coefficient (Wildman–Crippen LogP) is 1.68. The average Bonchev–Trinajstić information content (AvgIpc) is 3.21. The van der Waals surface area contributed by atoms with Crippen LogP contribution in [0.15, 0.2) is 45.1 Å². The van der Waals surface area contributed by atoms with Gasteiger partial charge in [0.1, 0.15) is 16.5 Å². The Morgan fingerprint density at radius 1 is 1.15 bits per heavy atom. The van der Waals surface area contributed by atoms with Crippen molar-refractivity contribution < 1.29 is 22.0 Å². The number of piperazine rings is 1. The lowest BCUT2D eigenvalue weighted by Gasteiger charge is -2.40. The van der Waals surface area contributed by atoms with Crippen molar-refractivity contribution in [2.24, 2.45) is 10.2 Å². The summed E-state index contributed by atoms with van der Waals surface area (Å²) in [6, 6.07) is 1.58. The molecule has 0 spiro atoms. The maximum Gasteiger partial charge on any atom is 0.253 e. The van der Waals surface area contributed by atoms with Gasteiger partial charge in [-0.25, -0.2) is 17.2 Å². The number of nitrogens with zero attached hydrogens (tertiary/aromatic N) is 4. The molecule has 2 atom stereocenters. The second-order valence-electron chi connectivity index (χ2n) is 6.57. The zero-order chi connectivity index (χ0) is 18.5. The Labute approximate surface area is 149 Å². The number of hydrogen-bond acceptors (Lipinski definition) is 5. The van der Waals surface area contributed by atoms with Gasteiger partial charge in [0.05, 0.1) is 18.3 Å². The lowest BCUT2D eigenvalue weighted by molar-refractivity contribution is -0.129. The van der Waals surface area contributed by atoms with E-state index in [0.717, 1.165) is 12.1 Å². The fraction of sp³-hybridized carbons (Fsp3) is 0.438. The number of halogens is 2. The van der Waals surface area contributed by atoms with Crippen molar-refractivity contribution in [3.05, 3.63) is 41.6 Å². The van der Waals surface area contributed by atoms with Crippen LogP contribution in [0.5, 0.6) is 0 Å². The molecule has 3 aliphatic rings. The zero-order valence-electron chi connectivity index (χ0n) is 13.7. The van der Waals surface area contributed by atoms with E-state index >= 15 is 0 Å². The standard InChI is InChI=1S/C16H16F2N4O3S/c17-11-1-4-15(14(18)5-11)26(24,25)22-12-2-3-13(22)9-21(8-12)16(23)10-6-19-20-7-10/h1,4-6,12-13H,2-3,7-9H2. The Morgan fingerprint density at radius 2 is 1.85 bits per heavy atom. The molecule has 1 amide bonds. The highest BCUT2D eigenvalue weighted by Crippen LogP contribution is 2.36. The summed E-state index contributed by atoms with van der Waals surface area (Å²) in [7, 11) is -4.11. The van der Waals surface area contributed by atoms with Gasteiger partial charge < -0.3 is 4.90 Å². The number of sulfonamides is 1. The fourth-order valence-electron chi connectivity index (χ4n) is 3.81. The van der Waals surface area contributed by atoms with Crippen molar-refractivity contribution in [2.45, 2.75) is 29.8 Å². The van der Waals surface area contributed by atoms with Gasteiger partial charge in [-0.2, -0.15) is 14.5 Å². The van der Waals surface area contributed by atoms with Crippen LogP contribution in [-0.4, -0.2) is 55.2 Å². The van der Waals surface area contributed by atoms with E-state index in [-0.39, 0.29) is 25.5 Å².